The standard InChI is InChI=1S/C20H19ClN2O3S/c1-12-15(21)5-4-6-16(12)23-19(24)10-14-11-27-20(22-14)13-7-8-17(25-2)18(9-13)26-3/h4-9,11H,10H2,1-3H3,(H,23,24). The average Bonchev–Trinajstić information content (AvgIpc) is 3.13. The summed E-state index contributed by atoms with van der Waals surface area (Å²) in [6.45, 7) is 1.87. The van der Waals surface area contributed by atoms with Gasteiger partial charge in [0.1, 0.15) is 5.01 Å². The molecule has 1 heterocycles. The Morgan fingerprint density at radius 2 is 1.96 bits per heavy atom. The van der Waals surface area contributed by atoms with E-state index in [0.717, 1.165) is 16.1 Å². The lowest BCUT2D eigenvalue weighted by Crippen LogP contribution is -2.15. The number of rotatable bonds is 6. The Hall–Kier alpha value is -2.57. The predicted molar refractivity (Wildman–Crippen MR) is 109 cm³/mol. The number of aromatic nitrogens is 1. The summed E-state index contributed by atoms with van der Waals surface area (Å²) >= 11 is 7.57. The highest BCUT2D eigenvalue weighted by Crippen LogP contribution is 2.33. The number of nitrogens with zero attached hydrogens (tertiary/aromatic N) is 1. The van der Waals surface area contributed by atoms with E-state index in [2.05, 4.69) is 10.3 Å². The maximum absolute atomic E-state index is 12.3. The number of methoxy groups -OCH3 is 2. The molecule has 7 heteroatoms. The summed E-state index contributed by atoms with van der Waals surface area (Å²) in [5.41, 5.74) is 3.18. The molecule has 0 radical (unpaired) electrons. The molecule has 1 amide bonds. The van der Waals surface area contributed by atoms with E-state index in [9.17, 15) is 4.79 Å². The van der Waals surface area contributed by atoms with Crippen molar-refractivity contribution in [1.82, 2.24) is 4.98 Å². The fourth-order valence-corrected chi connectivity index (χ4v) is 3.58. The lowest BCUT2D eigenvalue weighted by molar-refractivity contribution is -0.115. The first kappa shape index (κ1) is 19.2. The number of hydrogen-bond donors (Lipinski definition) is 1. The van der Waals surface area contributed by atoms with Crippen LogP contribution in [0.1, 0.15) is 11.3 Å². The van der Waals surface area contributed by atoms with Crippen LogP contribution in [-0.2, 0) is 11.2 Å². The van der Waals surface area contributed by atoms with Crippen molar-refractivity contribution in [3.8, 4) is 22.1 Å². The summed E-state index contributed by atoms with van der Waals surface area (Å²) in [7, 11) is 3.19. The lowest BCUT2D eigenvalue weighted by Gasteiger charge is -2.09. The predicted octanol–water partition coefficient (Wildman–Crippen LogP) is 4.97. The SMILES string of the molecule is COc1ccc(-c2nc(CC(=O)Nc3cccc(Cl)c3C)cs2)cc1OC. The molecule has 27 heavy (non-hydrogen) atoms. The minimum absolute atomic E-state index is 0.135. The summed E-state index contributed by atoms with van der Waals surface area (Å²) in [6, 6.07) is 11.1. The summed E-state index contributed by atoms with van der Waals surface area (Å²) in [6.07, 6.45) is 0.190. The Bertz CT molecular complexity index is 972. The Morgan fingerprint density at radius 1 is 1.19 bits per heavy atom. The van der Waals surface area contributed by atoms with Gasteiger partial charge >= 0.3 is 0 Å². The smallest absolute Gasteiger partial charge is 0.230 e. The van der Waals surface area contributed by atoms with Gasteiger partial charge < -0.3 is 14.8 Å². The first-order chi connectivity index (χ1) is 13.0. The van der Waals surface area contributed by atoms with Crippen LogP contribution < -0.4 is 14.8 Å². The fraction of sp³-hybridized carbons (Fsp3) is 0.200. The number of thiazole rings is 1. The van der Waals surface area contributed by atoms with Crippen molar-refractivity contribution in [3.05, 3.63) is 58.1 Å². The molecule has 140 valence electrons. The number of benzene rings is 2. The van der Waals surface area contributed by atoms with Gasteiger partial charge in [0.05, 0.1) is 26.3 Å². The number of carbonyl (C=O) groups is 1. The molecule has 1 N–H and O–H groups in total. The minimum Gasteiger partial charge on any atom is -0.493 e. The topological polar surface area (TPSA) is 60.5 Å². The van der Waals surface area contributed by atoms with Crippen LogP contribution in [0.2, 0.25) is 5.02 Å². The number of ether oxygens (including phenoxy) is 2. The molecule has 0 spiro atoms. The largest absolute Gasteiger partial charge is 0.493 e. The third-order valence-electron chi connectivity index (χ3n) is 4.07. The third kappa shape index (κ3) is 4.40. The second-order valence-electron chi connectivity index (χ2n) is 5.85. The summed E-state index contributed by atoms with van der Waals surface area (Å²) in [5, 5.41) is 6.21. The van der Waals surface area contributed by atoms with Crippen molar-refractivity contribution in [2.75, 3.05) is 19.5 Å². The molecule has 1 aromatic heterocycles. The molecule has 0 aliphatic carbocycles. The van der Waals surface area contributed by atoms with Gasteiger partial charge in [-0.25, -0.2) is 4.98 Å². The minimum atomic E-state index is -0.135. The van der Waals surface area contributed by atoms with E-state index in [-0.39, 0.29) is 12.3 Å². The Kier molecular flexibility index (Phi) is 5.98. The number of nitrogens with one attached hydrogen (secondary N) is 1. The number of hydrogen-bond acceptors (Lipinski definition) is 5. The zero-order valence-electron chi connectivity index (χ0n) is 15.2. The third-order valence-corrected chi connectivity index (χ3v) is 5.42. The molecule has 0 fully saturated rings. The van der Waals surface area contributed by atoms with Crippen LogP contribution in [-0.4, -0.2) is 25.1 Å². The molecule has 0 atom stereocenters. The van der Waals surface area contributed by atoms with Gasteiger partial charge in [0.25, 0.3) is 0 Å². The van der Waals surface area contributed by atoms with Crippen molar-refractivity contribution in [2.45, 2.75) is 13.3 Å². The van der Waals surface area contributed by atoms with Crippen LogP contribution in [0.5, 0.6) is 11.5 Å². The highest BCUT2D eigenvalue weighted by Gasteiger charge is 2.13. The van der Waals surface area contributed by atoms with E-state index >= 15 is 0 Å². The van der Waals surface area contributed by atoms with Crippen molar-refractivity contribution >= 4 is 34.5 Å². The normalized spacial score (nSPS) is 10.5. The number of anilines is 1. The van der Waals surface area contributed by atoms with E-state index in [0.29, 0.717) is 27.9 Å². The highest BCUT2D eigenvalue weighted by atomic mass is 35.5. The maximum Gasteiger partial charge on any atom is 0.230 e. The lowest BCUT2D eigenvalue weighted by atomic mass is 10.2. The van der Waals surface area contributed by atoms with Crippen LogP contribution in [0.4, 0.5) is 5.69 Å². The van der Waals surface area contributed by atoms with Crippen LogP contribution >= 0.6 is 22.9 Å². The average molecular weight is 403 g/mol. The Balaban J connectivity index is 1.72. The first-order valence-electron chi connectivity index (χ1n) is 8.23. The maximum atomic E-state index is 12.3. The molecule has 0 aliphatic rings. The molecule has 0 aliphatic heterocycles. The molecule has 3 rings (SSSR count). The van der Waals surface area contributed by atoms with Gasteiger partial charge in [-0.1, -0.05) is 17.7 Å². The van der Waals surface area contributed by atoms with Gasteiger partial charge in [-0.2, -0.15) is 0 Å². The van der Waals surface area contributed by atoms with Crippen molar-refractivity contribution < 1.29 is 14.3 Å². The Morgan fingerprint density at radius 3 is 2.70 bits per heavy atom. The van der Waals surface area contributed by atoms with Gasteiger partial charge in [-0.05, 0) is 42.8 Å². The second-order valence-corrected chi connectivity index (χ2v) is 7.12. The van der Waals surface area contributed by atoms with Crippen molar-refractivity contribution in [3.63, 3.8) is 0 Å². The van der Waals surface area contributed by atoms with Crippen LogP contribution in [0.25, 0.3) is 10.6 Å². The van der Waals surface area contributed by atoms with Crippen LogP contribution in [0, 0.1) is 6.92 Å². The summed E-state index contributed by atoms with van der Waals surface area (Å²) < 4.78 is 10.6. The van der Waals surface area contributed by atoms with E-state index in [1.807, 2.05) is 42.6 Å². The molecule has 0 unspecified atom stereocenters. The van der Waals surface area contributed by atoms with Crippen molar-refractivity contribution in [2.24, 2.45) is 0 Å². The molecule has 2 aromatic carbocycles. The zero-order valence-corrected chi connectivity index (χ0v) is 16.8. The molecule has 0 saturated carbocycles. The van der Waals surface area contributed by atoms with Gasteiger partial charge in [-0.3, -0.25) is 4.79 Å². The quantitative estimate of drug-likeness (QED) is 0.632. The molecule has 3 aromatic rings. The van der Waals surface area contributed by atoms with Gasteiger partial charge in [0, 0.05) is 21.7 Å². The summed E-state index contributed by atoms with van der Waals surface area (Å²) in [4.78, 5) is 16.9. The number of amides is 1. The van der Waals surface area contributed by atoms with Crippen molar-refractivity contribution in [1.29, 1.82) is 0 Å². The second kappa shape index (κ2) is 8.41. The summed E-state index contributed by atoms with van der Waals surface area (Å²) in [5.74, 6) is 1.17. The highest BCUT2D eigenvalue weighted by molar-refractivity contribution is 7.13. The molecule has 5 nitrogen and oxygen atoms in total. The van der Waals surface area contributed by atoms with E-state index in [4.69, 9.17) is 21.1 Å². The number of halogens is 1. The molecular formula is C20H19ClN2O3S. The number of carbonyl (C=O) groups excluding carboxylic acids is 1. The van der Waals surface area contributed by atoms with E-state index in [1.54, 1.807) is 20.3 Å². The monoisotopic (exact) mass is 402 g/mol. The Labute approximate surface area is 166 Å². The van der Waals surface area contributed by atoms with E-state index in [1.165, 1.54) is 11.3 Å². The van der Waals surface area contributed by atoms with Crippen LogP contribution in [0.15, 0.2) is 41.8 Å². The van der Waals surface area contributed by atoms with E-state index < -0.39 is 0 Å². The van der Waals surface area contributed by atoms with Crippen LogP contribution in [0.3, 0.4) is 0 Å². The molecule has 0 saturated heterocycles. The molecule has 0 bridgehead atoms. The van der Waals surface area contributed by atoms with Gasteiger partial charge in [0.15, 0.2) is 11.5 Å². The first-order valence-corrected chi connectivity index (χ1v) is 9.49. The zero-order chi connectivity index (χ0) is 19.4. The van der Waals surface area contributed by atoms with Gasteiger partial charge in [-0.15, -0.1) is 11.3 Å². The fourth-order valence-electron chi connectivity index (χ4n) is 2.59. The molecular weight excluding hydrogens is 384 g/mol. The van der Waals surface area contributed by atoms with Gasteiger partial charge in [0.2, 0.25) is 5.91 Å².